The van der Waals surface area contributed by atoms with Crippen LogP contribution in [0.2, 0.25) is 0 Å². The number of aliphatic hydroxyl groups is 1. The molecule has 1 aliphatic heterocycles. The Kier molecular flexibility index (Phi) is 2.85. The predicted molar refractivity (Wildman–Crippen MR) is 55.2 cm³/mol. The molecule has 1 aromatic rings. The minimum absolute atomic E-state index is 0.0141. The Morgan fingerprint density at radius 2 is 2.07 bits per heavy atom. The van der Waals surface area contributed by atoms with Crippen molar-refractivity contribution in [1.29, 1.82) is 0 Å². The fourth-order valence-corrected chi connectivity index (χ4v) is 2.11. The van der Waals surface area contributed by atoms with Crippen LogP contribution in [-0.4, -0.2) is 24.4 Å². The summed E-state index contributed by atoms with van der Waals surface area (Å²) in [6, 6.07) is 10.4. The average Bonchev–Trinajstić information content (AvgIpc) is 2.61. The Morgan fingerprint density at radius 1 is 1.36 bits per heavy atom. The van der Waals surface area contributed by atoms with Crippen molar-refractivity contribution in [2.24, 2.45) is 5.92 Å². The zero-order valence-electron chi connectivity index (χ0n) is 8.39. The van der Waals surface area contributed by atoms with E-state index in [-0.39, 0.29) is 12.7 Å². The van der Waals surface area contributed by atoms with E-state index in [9.17, 15) is 0 Å². The number of aliphatic hydroxyl groups excluding tert-OH is 1. The Labute approximate surface area is 84.5 Å². The van der Waals surface area contributed by atoms with Gasteiger partial charge in [-0.1, -0.05) is 37.3 Å². The van der Waals surface area contributed by atoms with Crippen LogP contribution in [0.25, 0.3) is 0 Å². The van der Waals surface area contributed by atoms with Gasteiger partial charge in [0, 0.05) is 5.92 Å². The van der Waals surface area contributed by atoms with Crippen molar-refractivity contribution in [3.8, 4) is 0 Å². The highest BCUT2D eigenvalue weighted by atomic mass is 16.5. The van der Waals surface area contributed by atoms with E-state index in [1.807, 2.05) is 18.2 Å². The van der Waals surface area contributed by atoms with Gasteiger partial charge in [-0.15, -0.1) is 0 Å². The molecule has 1 fully saturated rings. The summed E-state index contributed by atoms with van der Waals surface area (Å²) in [6.07, 6.45) is 0.0141. The van der Waals surface area contributed by atoms with Crippen molar-refractivity contribution in [3.05, 3.63) is 35.9 Å². The SMILES string of the molecule is C[C@H]1[C@@H](c2ccccc2)CO[C@@H]1CO. The molecular formula is C12H16O2. The van der Waals surface area contributed by atoms with E-state index in [1.165, 1.54) is 5.56 Å². The lowest BCUT2D eigenvalue weighted by Crippen LogP contribution is -2.20. The predicted octanol–water partition coefficient (Wildman–Crippen LogP) is 1.80. The molecule has 0 aromatic heterocycles. The molecule has 0 saturated carbocycles. The second-order valence-corrected chi connectivity index (χ2v) is 3.93. The van der Waals surface area contributed by atoms with Crippen LogP contribution in [-0.2, 0) is 4.74 Å². The van der Waals surface area contributed by atoms with Gasteiger partial charge in [-0.25, -0.2) is 0 Å². The van der Waals surface area contributed by atoms with Crippen molar-refractivity contribution in [3.63, 3.8) is 0 Å². The first-order valence-electron chi connectivity index (χ1n) is 5.10. The fourth-order valence-electron chi connectivity index (χ4n) is 2.11. The van der Waals surface area contributed by atoms with Crippen LogP contribution in [0.15, 0.2) is 30.3 Å². The second kappa shape index (κ2) is 4.11. The van der Waals surface area contributed by atoms with Gasteiger partial charge in [-0.2, -0.15) is 0 Å². The van der Waals surface area contributed by atoms with Gasteiger partial charge in [0.05, 0.1) is 19.3 Å². The first kappa shape index (κ1) is 9.69. The maximum absolute atomic E-state index is 9.08. The molecule has 2 nitrogen and oxygen atoms in total. The zero-order chi connectivity index (χ0) is 9.97. The first-order valence-corrected chi connectivity index (χ1v) is 5.10. The third-order valence-corrected chi connectivity index (χ3v) is 3.12. The van der Waals surface area contributed by atoms with Gasteiger partial charge in [-0.05, 0) is 11.5 Å². The van der Waals surface area contributed by atoms with Crippen LogP contribution in [0.5, 0.6) is 0 Å². The standard InChI is InChI=1S/C12H16O2/c1-9-11(8-14-12(9)7-13)10-5-3-2-4-6-10/h2-6,9,11-13H,7-8H2,1H3/t9-,11-,12+/m0/s1. The van der Waals surface area contributed by atoms with Gasteiger partial charge in [-0.3, -0.25) is 0 Å². The molecule has 2 rings (SSSR count). The Hall–Kier alpha value is -0.860. The molecule has 1 N–H and O–H groups in total. The third kappa shape index (κ3) is 1.68. The van der Waals surface area contributed by atoms with Crippen molar-refractivity contribution >= 4 is 0 Å². The summed E-state index contributed by atoms with van der Waals surface area (Å²) in [5, 5.41) is 9.08. The quantitative estimate of drug-likeness (QED) is 0.774. The highest BCUT2D eigenvalue weighted by molar-refractivity contribution is 5.21. The Bertz CT molecular complexity index is 284. The van der Waals surface area contributed by atoms with Crippen molar-refractivity contribution in [2.75, 3.05) is 13.2 Å². The van der Waals surface area contributed by atoms with Gasteiger partial charge < -0.3 is 9.84 Å². The number of rotatable bonds is 2. The minimum atomic E-state index is 0.0141. The molecule has 0 aliphatic carbocycles. The zero-order valence-corrected chi connectivity index (χ0v) is 8.39. The molecule has 3 atom stereocenters. The van der Waals surface area contributed by atoms with Crippen LogP contribution >= 0.6 is 0 Å². The molecule has 1 aromatic carbocycles. The lowest BCUT2D eigenvalue weighted by molar-refractivity contribution is 0.0430. The summed E-state index contributed by atoms with van der Waals surface area (Å²) >= 11 is 0. The summed E-state index contributed by atoms with van der Waals surface area (Å²) in [6.45, 7) is 3.01. The number of ether oxygens (including phenoxy) is 1. The largest absolute Gasteiger partial charge is 0.394 e. The highest BCUT2D eigenvalue weighted by Crippen LogP contribution is 2.34. The molecule has 14 heavy (non-hydrogen) atoms. The highest BCUT2D eigenvalue weighted by Gasteiger charge is 2.33. The topological polar surface area (TPSA) is 29.5 Å². The Balaban J connectivity index is 2.14. The maximum Gasteiger partial charge on any atom is 0.0838 e. The van der Waals surface area contributed by atoms with E-state index in [1.54, 1.807) is 0 Å². The summed E-state index contributed by atoms with van der Waals surface area (Å²) < 4.78 is 5.53. The molecule has 1 aliphatic rings. The van der Waals surface area contributed by atoms with Crippen LogP contribution in [0.1, 0.15) is 18.4 Å². The monoisotopic (exact) mass is 192 g/mol. The lowest BCUT2D eigenvalue weighted by atomic mass is 9.87. The molecule has 0 amide bonds. The average molecular weight is 192 g/mol. The molecule has 0 bridgehead atoms. The molecule has 0 radical (unpaired) electrons. The van der Waals surface area contributed by atoms with Gasteiger partial charge in [0.2, 0.25) is 0 Å². The molecule has 76 valence electrons. The van der Waals surface area contributed by atoms with Crippen LogP contribution in [0, 0.1) is 5.92 Å². The van der Waals surface area contributed by atoms with Crippen molar-refractivity contribution in [1.82, 2.24) is 0 Å². The number of hydrogen-bond acceptors (Lipinski definition) is 2. The minimum Gasteiger partial charge on any atom is -0.394 e. The van der Waals surface area contributed by atoms with E-state index >= 15 is 0 Å². The maximum atomic E-state index is 9.08. The number of hydrogen-bond donors (Lipinski definition) is 1. The fraction of sp³-hybridized carbons (Fsp3) is 0.500. The van der Waals surface area contributed by atoms with Gasteiger partial charge in [0.15, 0.2) is 0 Å². The third-order valence-electron chi connectivity index (χ3n) is 3.12. The van der Waals surface area contributed by atoms with Crippen molar-refractivity contribution in [2.45, 2.75) is 18.9 Å². The molecule has 1 saturated heterocycles. The van der Waals surface area contributed by atoms with Gasteiger partial charge >= 0.3 is 0 Å². The number of benzene rings is 1. The smallest absolute Gasteiger partial charge is 0.0838 e. The van der Waals surface area contributed by atoms with Crippen LogP contribution in [0.4, 0.5) is 0 Å². The van der Waals surface area contributed by atoms with Crippen LogP contribution in [0.3, 0.4) is 0 Å². The summed E-state index contributed by atoms with van der Waals surface area (Å²) in [7, 11) is 0. The first-order chi connectivity index (χ1) is 6.83. The van der Waals surface area contributed by atoms with E-state index in [0.717, 1.165) is 6.61 Å². The molecule has 2 heteroatoms. The van der Waals surface area contributed by atoms with E-state index < -0.39 is 0 Å². The summed E-state index contributed by atoms with van der Waals surface area (Å²) in [5.41, 5.74) is 1.32. The van der Waals surface area contributed by atoms with E-state index in [0.29, 0.717) is 11.8 Å². The summed E-state index contributed by atoms with van der Waals surface area (Å²) in [4.78, 5) is 0. The molecule has 1 heterocycles. The Morgan fingerprint density at radius 3 is 2.64 bits per heavy atom. The molecule has 0 unspecified atom stereocenters. The molecule has 0 spiro atoms. The van der Waals surface area contributed by atoms with Gasteiger partial charge in [0.25, 0.3) is 0 Å². The van der Waals surface area contributed by atoms with E-state index in [4.69, 9.17) is 9.84 Å². The van der Waals surface area contributed by atoms with Crippen LogP contribution < -0.4 is 0 Å². The summed E-state index contributed by atoms with van der Waals surface area (Å²) in [5.74, 6) is 0.843. The lowest BCUT2D eigenvalue weighted by Gasteiger charge is -2.16. The van der Waals surface area contributed by atoms with Gasteiger partial charge in [0.1, 0.15) is 0 Å². The van der Waals surface area contributed by atoms with E-state index in [2.05, 4.69) is 19.1 Å². The molecular weight excluding hydrogens is 176 g/mol. The normalized spacial score (nSPS) is 32.0. The van der Waals surface area contributed by atoms with Crippen molar-refractivity contribution < 1.29 is 9.84 Å². The second-order valence-electron chi connectivity index (χ2n) is 3.93.